The first-order valence-electron chi connectivity index (χ1n) is 10.5. The topological polar surface area (TPSA) is 96.5 Å². The summed E-state index contributed by atoms with van der Waals surface area (Å²) in [6.45, 7) is 2.87. The fourth-order valence-electron chi connectivity index (χ4n) is 3.78. The van der Waals surface area contributed by atoms with Crippen LogP contribution in [0.4, 0.5) is 5.00 Å². The van der Waals surface area contributed by atoms with Gasteiger partial charge in [0, 0.05) is 29.4 Å². The summed E-state index contributed by atoms with van der Waals surface area (Å²) in [4.78, 5) is 18.0. The fraction of sp³-hybridized carbons (Fsp3) is 0.409. The minimum absolute atomic E-state index is 0.130. The number of nitriles is 1. The van der Waals surface area contributed by atoms with Crippen LogP contribution in [0.3, 0.4) is 0 Å². The van der Waals surface area contributed by atoms with Crippen molar-refractivity contribution in [1.82, 2.24) is 19.7 Å². The number of carbonyl (C=O) groups is 1. The van der Waals surface area contributed by atoms with Crippen LogP contribution in [-0.4, -0.2) is 31.4 Å². The second-order valence-electron chi connectivity index (χ2n) is 7.41. The lowest BCUT2D eigenvalue weighted by Gasteiger charge is -2.09. The monoisotopic (exact) mass is 452 g/mol. The molecule has 1 aliphatic carbocycles. The maximum absolute atomic E-state index is 12.7. The number of carbonyl (C=O) groups excluding carboxylic acids is 1. The van der Waals surface area contributed by atoms with Gasteiger partial charge >= 0.3 is 0 Å². The summed E-state index contributed by atoms with van der Waals surface area (Å²) in [5.41, 5.74) is 2.73. The highest BCUT2D eigenvalue weighted by Crippen LogP contribution is 2.37. The predicted molar refractivity (Wildman–Crippen MR) is 123 cm³/mol. The Kier molecular flexibility index (Phi) is 6.99. The second kappa shape index (κ2) is 10.1. The molecule has 3 aromatic rings. The van der Waals surface area contributed by atoms with Crippen molar-refractivity contribution in [3.05, 3.63) is 40.5 Å². The Morgan fingerprint density at radius 2 is 2.06 bits per heavy atom. The van der Waals surface area contributed by atoms with Crippen LogP contribution in [0.25, 0.3) is 11.4 Å². The van der Waals surface area contributed by atoms with E-state index in [1.165, 1.54) is 23.1 Å². The number of thiophene rings is 1. The van der Waals surface area contributed by atoms with E-state index >= 15 is 0 Å². The molecule has 1 aliphatic rings. The highest BCUT2D eigenvalue weighted by molar-refractivity contribution is 7.99. The Morgan fingerprint density at radius 1 is 1.26 bits per heavy atom. The third kappa shape index (κ3) is 4.81. The first-order chi connectivity index (χ1) is 15.2. The van der Waals surface area contributed by atoms with Gasteiger partial charge in [-0.2, -0.15) is 5.26 Å². The number of anilines is 1. The molecule has 0 saturated heterocycles. The lowest BCUT2D eigenvalue weighted by Crippen LogP contribution is -2.14. The van der Waals surface area contributed by atoms with Crippen molar-refractivity contribution in [3.8, 4) is 17.5 Å². The van der Waals surface area contributed by atoms with Gasteiger partial charge in [0.2, 0.25) is 5.91 Å². The van der Waals surface area contributed by atoms with Crippen LogP contribution in [0, 0.1) is 11.3 Å². The van der Waals surface area contributed by atoms with Gasteiger partial charge in [-0.25, -0.2) is 0 Å². The molecule has 0 spiro atoms. The van der Waals surface area contributed by atoms with Crippen molar-refractivity contribution in [2.24, 2.45) is 0 Å². The molecule has 1 amide bonds. The van der Waals surface area contributed by atoms with Crippen molar-refractivity contribution in [3.63, 3.8) is 0 Å². The maximum atomic E-state index is 12.7. The third-order valence-corrected chi connectivity index (χ3v) is 7.39. The summed E-state index contributed by atoms with van der Waals surface area (Å²) in [5, 5.41) is 22.7. The SMILES string of the molecule is CCCn1c(SCC(=O)Nc2sc3c(c2C#N)CCCCC3)nnc1-c1ccncc1. The predicted octanol–water partition coefficient (Wildman–Crippen LogP) is 4.68. The molecule has 0 radical (unpaired) electrons. The molecule has 0 fully saturated rings. The van der Waals surface area contributed by atoms with E-state index < -0.39 is 0 Å². The quantitative estimate of drug-likeness (QED) is 0.413. The number of rotatable bonds is 7. The molecule has 4 rings (SSSR count). The number of thioether (sulfide) groups is 1. The van der Waals surface area contributed by atoms with E-state index in [0.717, 1.165) is 55.6 Å². The number of amides is 1. The Bertz CT molecular complexity index is 1100. The number of aromatic nitrogens is 4. The van der Waals surface area contributed by atoms with Crippen LogP contribution in [0.5, 0.6) is 0 Å². The molecular formula is C22H24N6OS2. The van der Waals surface area contributed by atoms with E-state index in [1.54, 1.807) is 23.7 Å². The van der Waals surface area contributed by atoms with Crippen molar-refractivity contribution in [1.29, 1.82) is 5.26 Å². The van der Waals surface area contributed by atoms with Crippen LogP contribution < -0.4 is 5.32 Å². The normalized spacial score (nSPS) is 13.3. The Labute approximate surface area is 189 Å². The number of hydrogen-bond donors (Lipinski definition) is 1. The van der Waals surface area contributed by atoms with Crippen LogP contribution in [-0.2, 0) is 24.2 Å². The number of fused-ring (bicyclic) bond motifs is 1. The van der Waals surface area contributed by atoms with Gasteiger partial charge in [0.15, 0.2) is 11.0 Å². The van der Waals surface area contributed by atoms with Gasteiger partial charge in [0.1, 0.15) is 11.1 Å². The fourth-order valence-corrected chi connectivity index (χ4v) is 5.80. The van der Waals surface area contributed by atoms with E-state index in [0.29, 0.717) is 15.7 Å². The Hall–Kier alpha value is -2.70. The average Bonchev–Trinajstić information content (AvgIpc) is 3.25. The molecular weight excluding hydrogens is 428 g/mol. The summed E-state index contributed by atoms with van der Waals surface area (Å²) in [5.74, 6) is 0.862. The van der Waals surface area contributed by atoms with Crippen LogP contribution in [0.1, 0.15) is 48.6 Å². The second-order valence-corrected chi connectivity index (χ2v) is 9.46. The molecule has 0 unspecified atom stereocenters. The minimum Gasteiger partial charge on any atom is -0.316 e. The molecule has 0 aromatic carbocycles. The van der Waals surface area contributed by atoms with E-state index in [9.17, 15) is 10.1 Å². The van der Waals surface area contributed by atoms with E-state index in [2.05, 4.69) is 33.5 Å². The standard InChI is InChI=1S/C22H24N6OS2/c1-2-12-28-20(15-8-10-24-11-9-15)26-27-22(28)30-14-19(29)25-21-17(13-23)16-6-4-3-5-7-18(16)31-21/h8-11H,2-7,12,14H2,1H3,(H,25,29). The van der Waals surface area contributed by atoms with Crippen LogP contribution in [0.2, 0.25) is 0 Å². The zero-order valence-electron chi connectivity index (χ0n) is 17.4. The molecule has 1 N–H and O–H groups in total. The molecule has 160 valence electrons. The lowest BCUT2D eigenvalue weighted by molar-refractivity contribution is -0.113. The largest absolute Gasteiger partial charge is 0.316 e. The van der Waals surface area contributed by atoms with Crippen molar-refractivity contribution in [2.45, 2.75) is 57.1 Å². The summed E-state index contributed by atoms with van der Waals surface area (Å²) in [7, 11) is 0. The highest BCUT2D eigenvalue weighted by Gasteiger charge is 2.21. The molecule has 9 heteroatoms. The summed E-state index contributed by atoms with van der Waals surface area (Å²) < 4.78 is 2.04. The van der Waals surface area contributed by atoms with Gasteiger partial charge in [-0.05, 0) is 49.8 Å². The smallest absolute Gasteiger partial charge is 0.235 e. The number of pyridine rings is 1. The van der Waals surface area contributed by atoms with Crippen molar-refractivity contribution in [2.75, 3.05) is 11.1 Å². The molecule has 3 heterocycles. The van der Waals surface area contributed by atoms with Gasteiger partial charge in [-0.15, -0.1) is 21.5 Å². The lowest BCUT2D eigenvalue weighted by atomic mass is 10.1. The Balaban J connectivity index is 1.46. The zero-order valence-corrected chi connectivity index (χ0v) is 19.1. The molecule has 0 saturated carbocycles. The number of hydrogen-bond acceptors (Lipinski definition) is 7. The van der Waals surface area contributed by atoms with Gasteiger partial charge in [-0.1, -0.05) is 25.1 Å². The first-order valence-corrected chi connectivity index (χ1v) is 12.3. The Morgan fingerprint density at radius 3 is 2.84 bits per heavy atom. The molecule has 0 aliphatic heterocycles. The minimum atomic E-state index is -0.130. The van der Waals surface area contributed by atoms with Crippen LogP contribution >= 0.6 is 23.1 Å². The molecule has 7 nitrogen and oxygen atoms in total. The van der Waals surface area contributed by atoms with E-state index in [1.807, 2.05) is 16.7 Å². The van der Waals surface area contributed by atoms with Gasteiger partial charge in [-0.3, -0.25) is 9.78 Å². The summed E-state index contributed by atoms with van der Waals surface area (Å²) in [6, 6.07) is 6.12. The number of nitrogens with one attached hydrogen (secondary N) is 1. The van der Waals surface area contributed by atoms with Crippen molar-refractivity contribution >= 4 is 34.0 Å². The maximum Gasteiger partial charge on any atom is 0.235 e. The van der Waals surface area contributed by atoms with Gasteiger partial charge < -0.3 is 9.88 Å². The number of nitrogens with zero attached hydrogens (tertiary/aromatic N) is 5. The zero-order chi connectivity index (χ0) is 21.6. The highest BCUT2D eigenvalue weighted by atomic mass is 32.2. The van der Waals surface area contributed by atoms with Crippen molar-refractivity contribution < 1.29 is 4.79 Å². The number of aryl methyl sites for hydroxylation is 1. The third-order valence-electron chi connectivity index (χ3n) is 5.22. The molecule has 3 aromatic heterocycles. The van der Waals surface area contributed by atoms with Gasteiger partial charge in [0.05, 0.1) is 11.3 Å². The summed E-state index contributed by atoms with van der Waals surface area (Å²) >= 11 is 2.92. The summed E-state index contributed by atoms with van der Waals surface area (Å²) in [6.07, 6.45) is 9.77. The van der Waals surface area contributed by atoms with E-state index in [-0.39, 0.29) is 11.7 Å². The van der Waals surface area contributed by atoms with Crippen LogP contribution in [0.15, 0.2) is 29.7 Å². The molecule has 31 heavy (non-hydrogen) atoms. The average molecular weight is 453 g/mol. The molecule has 0 bridgehead atoms. The van der Waals surface area contributed by atoms with E-state index in [4.69, 9.17) is 0 Å². The van der Waals surface area contributed by atoms with Gasteiger partial charge in [0.25, 0.3) is 0 Å². The molecule has 0 atom stereocenters. The first kappa shape index (κ1) is 21.5.